The second-order valence-corrected chi connectivity index (χ2v) is 7.40. The first-order chi connectivity index (χ1) is 13.8. The summed E-state index contributed by atoms with van der Waals surface area (Å²) in [4.78, 5) is 28.4. The van der Waals surface area contributed by atoms with Crippen molar-refractivity contribution in [3.05, 3.63) is 75.9 Å². The minimum Gasteiger partial charge on any atom is -0.461 e. The number of nitrogens with one attached hydrogen (secondary N) is 1. The highest BCUT2D eigenvalue weighted by Crippen LogP contribution is 2.26. The predicted molar refractivity (Wildman–Crippen MR) is 114 cm³/mol. The van der Waals surface area contributed by atoms with Crippen LogP contribution in [0.3, 0.4) is 0 Å². The number of hydrogen-bond donors (Lipinski definition) is 1. The molecule has 2 aromatic carbocycles. The maximum absolute atomic E-state index is 12.4. The van der Waals surface area contributed by atoms with E-state index in [9.17, 15) is 9.59 Å². The first-order valence-electron chi connectivity index (χ1n) is 9.38. The fraction of sp³-hybridized carbons (Fsp3) is 0.261. The topological polar surface area (TPSA) is 68.3 Å². The third-order valence-corrected chi connectivity index (χ3v) is 5.20. The number of amides is 1. The van der Waals surface area contributed by atoms with Gasteiger partial charge in [0.1, 0.15) is 11.8 Å². The highest BCUT2D eigenvalue weighted by Gasteiger charge is 2.18. The lowest BCUT2D eigenvalue weighted by molar-refractivity contribution is -0.145. The van der Waals surface area contributed by atoms with Crippen molar-refractivity contribution in [2.24, 2.45) is 0 Å². The smallest absolute Gasteiger partial charge is 0.308 e. The van der Waals surface area contributed by atoms with E-state index in [0.29, 0.717) is 10.7 Å². The van der Waals surface area contributed by atoms with Crippen LogP contribution in [0.15, 0.2) is 48.5 Å². The number of esters is 1. The number of benzene rings is 2. The Kier molecular flexibility index (Phi) is 6.49. The third kappa shape index (κ3) is 5.12. The molecule has 0 radical (unpaired) electrons. The van der Waals surface area contributed by atoms with Gasteiger partial charge in [-0.2, -0.15) is 0 Å². The van der Waals surface area contributed by atoms with Crippen molar-refractivity contribution in [3.8, 4) is 0 Å². The molecule has 0 aliphatic heterocycles. The van der Waals surface area contributed by atoms with Crippen molar-refractivity contribution < 1.29 is 14.3 Å². The second-order valence-electron chi connectivity index (χ2n) is 7.05. The molecular weight excluding hydrogens is 388 g/mol. The third-order valence-electron chi connectivity index (χ3n) is 4.88. The molecule has 1 N–H and O–H groups in total. The number of fused-ring (bicyclic) bond motifs is 1. The Morgan fingerprint density at radius 2 is 1.86 bits per heavy atom. The summed E-state index contributed by atoms with van der Waals surface area (Å²) in [6, 6.07) is 14.8. The SMILES string of the molecule is CC(=O)N[C@@H](CC(=O)OCc1cc2ccc(C)c(C)c2nc1Cl)c1ccccc1. The summed E-state index contributed by atoms with van der Waals surface area (Å²) in [6.07, 6.45) is 0.0283. The molecule has 150 valence electrons. The summed E-state index contributed by atoms with van der Waals surface area (Å²) in [6.45, 7) is 5.48. The van der Waals surface area contributed by atoms with E-state index in [0.717, 1.165) is 27.6 Å². The largest absolute Gasteiger partial charge is 0.461 e. The van der Waals surface area contributed by atoms with Gasteiger partial charge in [-0.3, -0.25) is 9.59 Å². The van der Waals surface area contributed by atoms with Crippen LogP contribution in [0.25, 0.3) is 10.9 Å². The molecule has 0 saturated carbocycles. The molecule has 1 atom stereocenters. The molecule has 1 amide bonds. The number of halogens is 1. The highest BCUT2D eigenvalue weighted by molar-refractivity contribution is 6.30. The number of ether oxygens (including phenoxy) is 1. The minimum absolute atomic E-state index is 0.0229. The van der Waals surface area contributed by atoms with Gasteiger partial charge in [-0.1, -0.05) is 54.1 Å². The maximum Gasteiger partial charge on any atom is 0.308 e. The van der Waals surface area contributed by atoms with Crippen molar-refractivity contribution in [1.82, 2.24) is 10.3 Å². The Bertz CT molecular complexity index is 1050. The van der Waals surface area contributed by atoms with E-state index < -0.39 is 12.0 Å². The van der Waals surface area contributed by atoms with Gasteiger partial charge in [0.05, 0.1) is 18.0 Å². The Labute approximate surface area is 175 Å². The van der Waals surface area contributed by atoms with Gasteiger partial charge in [-0.05, 0) is 36.6 Å². The zero-order chi connectivity index (χ0) is 21.0. The number of aromatic nitrogens is 1. The number of carbonyl (C=O) groups is 2. The van der Waals surface area contributed by atoms with Gasteiger partial charge in [0, 0.05) is 17.9 Å². The van der Waals surface area contributed by atoms with E-state index in [-0.39, 0.29) is 18.9 Å². The van der Waals surface area contributed by atoms with E-state index in [1.165, 1.54) is 6.92 Å². The van der Waals surface area contributed by atoms with Crippen molar-refractivity contribution in [3.63, 3.8) is 0 Å². The van der Waals surface area contributed by atoms with E-state index in [4.69, 9.17) is 16.3 Å². The van der Waals surface area contributed by atoms with E-state index in [2.05, 4.69) is 10.3 Å². The van der Waals surface area contributed by atoms with Gasteiger partial charge >= 0.3 is 5.97 Å². The van der Waals surface area contributed by atoms with Crippen LogP contribution in [0.4, 0.5) is 0 Å². The summed E-state index contributed by atoms with van der Waals surface area (Å²) < 4.78 is 5.43. The van der Waals surface area contributed by atoms with Crippen molar-refractivity contribution >= 4 is 34.4 Å². The van der Waals surface area contributed by atoms with Crippen LogP contribution in [0.2, 0.25) is 5.15 Å². The lowest BCUT2D eigenvalue weighted by Gasteiger charge is -2.18. The molecule has 3 rings (SSSR count). The normalized spacial score (nSPS) is 11.9. The number of hydrogen-bond acceptors (Lipinski definition) is 4. The average Bonchev–Trinajstić information content (AvgIpc) is 2.70. The lowest BCUT2D eigenvalue weighted by atomic mass is 10.0. The molecule has 0 saturated heterocycles. The van der Waals surface area contributed by atoms with Crippen LogP contribution in [0.5, 0.6) is 0 Å². The van der Waals surface area contributed by atoms with Gasteiger partial charge < -0.3 is 10.1 Å². The van der Waals surface area contributed by atoms with Crippen LogP contribution in [0, 0.1) is 13.8 Å². The zero-order valence-corrected chi connectivity index (χ0v) is 17.4. The number of carbonyl (C=O) groups excluding carboxylic acids is 2. The van der Waals surface area contributed by atoms with Crippen LogP contribution in [0.1, 0.15) is 41.6 Å². The molecule has 0 aliphatic rings. The summed E-state index contributed by atoms with van der Waals surface area (Å²) >= 11 is 6.32. The molecular formula is C23H23ClN2O3. The quantitative estimate of drug-likeness (QED) is 0.467. The summed E-state index contributed by atoms with van der Waals surface area (Å²) in [5.41, 5.74) is 4.56. The lowest BCUT2D eigenvalue weighted by Crippen LogP contribution is -2.28. The fourth-order valence-corrected chi connectivity index (χ4v) is 3.37. The molecule has 1 aromatic heterocycles. The standard InChI is InChI=1S/C23H23ClN2O3/c1-14-9-10-18-11-19(23(24)26-22(18)15(14)2)13-29-21(28)12-20(25-16(3)27)17-7-5-4-6-8-17/h4-11,20H,12-13H2,1-3H3,(H,25,27)/t20-/m0/s1. The molecule has 0 aliphatic carbocycles. The van der Waals surface area contributed by atoms with Crippen molar-refractivity contribution in [2.45, 2.75) is 39.8 Å². The maximum atomic E-state index is 12.4. The number of nitrogens with zero attached hydrogens (tertiary/aromatic N) is 1. The molecule has 1 heterocycles. The molecule has 0 fully saturated rings. The van der Waals surface area contributed by atoms with Crippen molar-refractivity contribution in [1.29, 1.82) is 0 Å². The Hall–Kier alpha value is -2.92. The molecule has 0 spiro atoms. The molecule has 0 bridgehead atoms. The number of rotatable bonds is 6. The first-order valence-corrected chi connectivity index (χ1v) is 9.76. The molecule has 29 heavy (non-hydrogen) atoms. The highest BCUT2D eigenvalue weighted by atomic mass is 35.5. The van der Waals surface area contributed by atoms with Gasteiger partial charge in [0.25, 0.3) is 0 Å². The predicted octanol–water partition coefficient (Wildman–Crippen LogP) is 4.82. The number of pyridine rings is 1. The Morgan fingerprint density at radius 3 is 2.55 bits per heavy atom. The summed E-state index contributed by atoms with van der Waals surface area (Å²) in [5.74, 6) is -0.636. The van der Waals surface area contributed by atoms with Crippen LogP contribution in [-0.4, -0.2) is 16.9 Å². The van der Waals surface area contributed by atoms with Crippen LogP contribution < -0.4 is 5.32 Å². The van der Waals surface area contributed by atoms with Crippen LogP contribution in [-0.2, 0) is 20.9 Å². The van der Waals surface area contributed by atoms with Crippen molar-refractivity contribution in [2.75, 3.05) is 0 Å². The van der Waals surface area contributed by atoms with Gasteiger partial charge in [-0.15, -0.1) is 0 Å². The average molecular weight is 411 g/mol. The molecule has 3 aromatic rings. The Balaban J connectivity index is 1.71. The monoisotopic (exact) mass is 410 g/mol. The first kappa shape index (κ1) is 20.8. The molecule has 5 nitrogen and oxygen atoms in total. The van der Waals surface area contributed by atoms with Gasteiger partial charge in [0.15, 0.2) is 0 Å². The molecule has 0 unspecified atom stereocenters. The van der Waals surface area contributed by atoms with E-state index >= 15 is 0 Å². The summed E-state index contributed by atoms with van der Waals surface area (Å²) in [5, 5.41) is 4.06. The minimum atomic E-state index is -0.447. The fourth-order valence-electron chi connectivity index (χ4n) is 3.17. The van der Waals surface area contributed by atoms with E-state index in [1.807, 2.05) is 62.4 Å². The number of aryl methyl sites for hydroxylation is 2. The Morgan fingerprint density at radius 1 is 1.14 bits per heavy atom. The molecule has 6 heteroatoms. The summed E-state index contributed by atoms with van der Waals surface area (Å²) in [7, 11) is 0. The van der Waals surface area contributed by atoms with Gasteiger partial charge in [-0.25, -0.2) is 4.98 Å². The van der Waals surface area contributed by atoms with Crippen LogP contribution >= 0.6 is 11.6 Å². The van der Waals surface area contributed by atoms with Gasteiger partial charge in [0.2, 0.25) is 5.91 Å². The second kappa shape index (κ2) is 9.05. The van der Waals surface area contributed by atoms with E-state index in [1.54, 1.807) is 0 Å². The zero-order valence-electron chi connectivity index (χ0n) is 16.7.